The molecule has 0 aliphatic carbocycles. The molecule has 0 aliphatic heterocycles. The van der Waals surface area contributed by atoms with Gasteiger partial charge in [0.15, 0.2) is 0 Å². The first-order valence-electron chi connectivity index (χ1n) is 5.78. The van der Waals surface area contributed by atoms with Crippen LogP contribution in [-0.4, -0.2) is 49.5 Å². The Balaban J connectivity index is 2.14. The van der Waals surface area contributed by atoms with Crippen molar-refractivity contribution >= 4 is 0 Å². The molecule has 0 bridgehead atoms. The highest BCUT2D eigenvalue weighted by molar-refractivity contribution is 5.13. The maximum Gasteiger partial charge on any atom is 0.146 e. The molecule has 2 N–H and O–H groups in total. The van der Waals surface area contributed by atoms with Crippen molar-refractivity contribution in [3.05, 3.63) is 35.9 Å². The molecule has 0 amide bonds. The molecule has 0 saturated heterocycles. The summed E-state index contributed by atoms with van der Waals surface area (Å²) < 4.78 is 14.9. The summed E-state index contributed by atoms with van der Waals surface area (Å²) in [6, 6.07) is 9.63. The SMILES string of the molecule is COCOC[C@H](O)[C@H](O)COCc1ccccc1. The van der Waals surface area contributed by atoms with Crippen molar-refractivity contribution in [2.75, 3.05) is 27.1 Å². The van der Waals surface area contributed by atoms with Crippen molar-refractivity contribution in [3.63, 3.8) is 0 Å². The van der Waals surface area contributed by atoms with Crippen molar-refractivity contribution in [2.24, 2.45) is 0 Å². The molecular weight excluding hydrogens is 236 g/mol. The highest BCUT2D eigenvalue weighted by atomic mass is 16.7. The summed E-state index contributed by atoms with van der Waals surface area (Å²) >= 11 is 0. The summed E-state index contributed by atoms with van der Waals surface area (Å²) in [5.41, 5.74) is 1.02. The van der Waals surface area contributed by atoms with E-state index in [1.807, 2.05) is 30.3 Å². The van der Waals surface area contributed by atoms with Gasteiger partial charge in [0.25, 0.3) is 0 Å². The van der Waals surface area contributed by atoms with Crippen LogP contribution in [0.3, 0.4) is 0 Å². The minimum atomic E-state index is -0.976. The predicted molar refractivity (Wildman–Crippen MR) is 65.9 cm³/mol. The summed E-state index contributed by atoms with van der Waals surface area (Å²) in [5, 5.41) is 19.1. The van der Waals surface area contributed by atoms with Gasteiger partial charge in [-0.05, 0) is 5.56 Å². The fourth-order valence-electron chi connectivity index (χ4n) is 1.35. The van der Waals surface area contributed by atoms with Gasteiger partial charge in [0.1, 0.15) is 19.0 Å². The highest BCUT2D eigenvalue weighted by Gasteiger charge is 2.16. The summed E-state index contributed by atoms with van der Waals surface area (Å²) in [6.07, 6.45) is -1.94. The summed E-state index contributed by atoms with van der Waals surface area (Å²) in [4.78, 5) is 0. The summed E-state index contributed by atoms with van der Waals surface area (Å²) in [7, 11) is 1.49. The molecule has 0 spiro atoms. The van der Waals surface area contributed by atoms with Gasteiger partial charge in [-0.1, -0.05) is 30.3 Å². The van der Waals surface area contributed by atoms with Crippen LogP contribution in [0, 0.1) is 0 Å². The lowest BCUT2D eigenvalue weighted by atomic mass is 10.2. The second-order valence-corrected chi connectivity index (χ2v) is 3.91. The van der Waals surface area contributed by atoms with Crippen molar-refractivity contribution in [1.29, 1.82) is 0 Å². The lowest BCUT2D eigenvalue weighted by Crippen LogP contribution is -2.34. The molecule has 1 rings (SSSR count). The molecule has 1 aromatic carbocycles. The average molecular weight is 256 g/mol. The second-order valence-electron chi connectivity index (χ2n) is 3.91. The first kappa shape index (κ1) is 15.1. The fourth-order valence-corrected chi connectivity index (χ4v) is 1.35. The van der Waals surface area contributed by atoms with E-state index in [0.29, 0.717) is 6.61 Å². The maximum atomic E-state index is 9.60. The molecule has 18 heavy (non-hydrogen) atoms. The fraction of sp³-hybridized carbons (Fsp3) is 0.538. The van der Waals surface area contributed by atoms with Gasteiger partial charge in [-0.2, -0.15) is 0 Å². The number of hydrogen-bond donors (Lipinski definition) is 2. The molecule has 0 aliphatic rings. The van der Waals surface area contributed by atoms with Crippen LogP contribution >= 0.6 is 0 Å². The number of hydrogen-bond acceptors (Lipinski definition) is 5. The van der Waals surface area contributed by atoms with Crippen LogP contribution in [0.15, 0.2) is 30.3 Å². The average Bonchev–Trinajstić information content (AvgIpc) is 2.40. The molecule has 0 saturated carbocycles. The summed E-state index contributed by atoms with van der Waals surface area (Å²) in [6.45, 7) is 0.578. The molecule has 5 heteroatoms. The van der Waals surface area contributed by atoms with E-state index in [0.717, 1.165) is 5.56 Å². The molecule has 1 aromatic rings. The van der Waals surface area contributed by atoms with Gasteiger partial charge in [-0.3, -0.25) is 0 Å². The Bertz CT molecular complexity index is 304. The summed E-state index contributed by atoms with van der Waals surface area (Å²) in [5.74, 6) is 0. The normalized spacial score (nSPS) is 14.4. The van der Waals surface area contributed by atoms with E-state index in [9.17, 15) is 10.2 Å². The van der Waals surface area contributed by atoms with Gasteiger partial charge in [0, 0.05) is 7.11 Å². The van der Waals surface area contributed by atoms with E-state index in [-0.39, 0.29) is 20.0 Å². The number of benzene rings is 1. The third-order valence-corrected chi connectivity index (χ3v) is 2.33. The van der Waals surface area contributed by atoms with Gasteiger partial charge in [0.2, 0.25) is 0 Å². The minimum absolute atomic E-state index is 0.0176. The molecule has 0 heterocycles. The van der Waals surface area contributed by atoms with Crippen LogP contribution in [0.5, 0.6) is 0 Å². The van der Waals surface area contributed by atoms with Gasteiger partial charge < -0.3 is 24.4 Å². The van der Waals surface area contributed by atoms with Crippen LogP contribution in [0.25, 0.3) is 0 Å². The Morgan fingerprint density at radius 2 is 1.61 bits per heavy atom. The lowest BCUT2D eigenvalue weighted by molar-refractivity contribution is -0.105. The molecule has 102 valence electrons. The molecule has 5 nitrogen and oxygen atoms in total. The number of methoxy groups -OCH3 is 1. The first-order chi connectivity index (χ1) is 8.74. The zero-order chi connectivity index (χ0) is 13.2. The van der Waals surface area contributed by atoms with E-state index in [1.54, 1.807) is 0 Å². The van der Waals surface area contributed by atoms with Gasteiger partial charge in [-0.15, -0.1) is 0 Å². The second kappa shape index (κ2) is 9.02. The van der Waals surface area contributed by atoms with Gasteiger partial charge >= 0.3 is 0 Å². The smallest absolute Gasteiger partial charge is 0.146 e. The first-order valence-corrected chi connectivity index (χ1v) is 5.78. The lowest BCUT2D eigenvalue weighted by Gasteiger charge is -2.17. The Kier molecular flexibility index (Phi) is 7.55. The number of aliphatic hydroxyl groups excluding tert-OH is 2. The van der Waals surface area contributed by atoms with E-state index in [1.165, 1.54) is 7.11 Å². The van der Waals surface area contributed by atoms with Crippen molar-refractivity contribution in [1.82, 2.24) is 0 Å². The minimum Gasteiger partial charge on any atom is -0.388 e. The molecule has 0 unspecified atom stereocenters. The van der Waals surface area contributed by atoms with E-state index < -0.39 is 12.2 Å². The largest absolute Gasteiger partial charge is 0.388 e. The highest BCUT2D eigenvalue weighted by Crippen LogP contribution is 2.02. The van der Waals surface area contributed by atoms with Gasteiger partial charge in [0.05, 0.1) is 19.8 Å². The van der Waals surface area contributed by atoms with Gasteiger partial charge in [-0.25, -0.2) is 0 Å². The van der Waals surface area contributed by atoms with Crippen LogP contribution in [0.2, 0.25) is 0 Å². The number of aliphatic hydroxyl groups is 2. The topological polar surface area (TPSA) is 68.2 Å². The maximum absolute atomic E-state index is 9.60. The van der Waals surface area contributed by atoms with Crippen LogP contribution < -0.4 is 0 Å². The Labute approximate surface area is 107 Å². The molecule has 0 aromatic heterocycles. The van der Waals surface area contributed by atoms with E-state index in [2.05, 4.69) is 4.74 Å². The van der Waals surface area contributed by atoms with Crippen molar-refractivity contribution in [3.8, 4) is 0 Å². The Hall–Kier alpha value is -0.980. The Morgan fingerprint density at radius 1 is 1.00 bits per heavy atom. The zero-order valence-electron chi connectivity index (χ0n) is 10.5. The quantitative estimate of drug-likeness (QED) is 0.499. The third kappa shape index (κ3) is 6.09. The van der Waals surface area contributed by atoms with E-state index in [4.69, 9.17) is 9.47 Å². The standard InChI is InChI=1S/C13H20O5/c1-16-10-18-9-13(15)12(14)8-17-7-11-5-3-2-4-6-11/h2-6,12-15H,7-10H2,1H3/t12-,13+/m1/s1. The monoisotopic (exact) mass is 256 g/mol. The van der Waals surface area contributed by atoms with Crippen LogP contribution in [0.1, 0.15) is 5.56 Å². The van der Waals surface area contributed by atoms with Crippen molar-refractivity contribution in [2.45, 2.75) is 18.8 Å². The van der Waals surface area contributed by atoms with Crippen molar-refractivity contribution < 1.29 is 24.4 Å². The van der Waals surface area contributed by atoms with E-state index >= 15 is 0 Å². The third-order valence-electron chi connectivity index (χ3n) is 2.33. The number of rotatable bonds is 9. The molecule has 2 atom stereocenters. The van der Waals surface area contributed by atoms with Crippen LogP contribution in [0.4, 0.5) is 0 Å². The Morgan fingerprint density at radius 3 is 2.22 bits per heavy atom. The molecular formula is C13H20O5. The molecule has 0 fully saturated rings. The number of ether oxygens (including phenoxy) is 3. The predicted octanol–water partition coefficient (Wildman–Crippen LogP) is 0.545. The molecule has 0 radical (unpaired) electrons. The van der Waals surface area contributed by atoms with Crippen LogP contribution in [-0.2, 0) is 20.8 Å². The zero-order valence-corrected chi connectivity index (χ0v) is 10.5.